The largest absolute Gasteiger partial charge is 0.346 e. The summed E-state index contributed by atoms with van der Waals surface area (Å²) in [6, 6.07) is 0.644. The molecule has 0 spiro atoms. The summed E-state index contributed by atoms with van der Waals surface area (Å²) in [6.45, 7) is 5.30. The van der Waals surface area contributed by atoms with E-state index in [0.29, 0.717) is 6.04 Å². The molecule has 1 fully saturated rings. The standard InChI is InChI=1S/C11H19N3/c1-8-11(14-9(2)13-8)7-10-5-3-4-6-12-10/h10,12H,3-7H2,1-2H3,(H,13,14). The van der Waals surface area contributed by atoms with E-state index in [2.05, 4.69) is 22.2 Å². The smallest absolute Gasteiger partial charge is 0.103 e. The molecule has 2 N–H and O–H groups in total. The van der Waals surface area contributed by atoms with Crippen LogP contribution in [0, 0.1) is 13.8 Å². The zero-order chi connectivity index (χ0) is 9.97. The Bertz CT molecular complexity index is 297. The van der Waals surface area contributed by atoms with Crippen molar-refractivity contribution in [2.75, 3.05) is 6.54 Å². The van der Waals surface area contributed by atoms with E-state index < -0.39 is 0 Å². The molecular formula is C11H19N3. The predicted octanol–water partition coefficient (Wildman–Crippen LogP) is 1.71. The lowest BCUT2D eigenvalue weighted by molar-refractivity contribution is 0.397. The summed E-state index contributed by atoms with van der Waals surface area (Å²) in [4.78, 5) is 7.77. The molecule has 14 heavy (non-hydrogen) atoms. The van der Waals surface area contributed by atoms with Crippen LogP contribution in [-0.2, 0) is 6.42 Å². The Kier molecular flexibility index (Phi) is 2.87. The first-order valence-corrected chi connectivity index (χ1v) is 5.51. The first-order valence-electron chi connectivity index (χ1n) is 5.51. The molecule has 1 aliphatic heterocycles. The Labute approximate surface area is 85.3 Å². The fourth-order valence-corrected chi connectivity index (χ4v) is 2.19. The number of rotatable bonds is 2. The van der Waals surface area contributed by atoms with E-state index in [9.17, 15) is 0 Å². The second-order valence-electron chi connectivity index (χ2n) is 4.24. The van der Waals surface area contributed by atoms with Gasteiger partial charge in [-0.25, -0.2) is 4.98 Å². The number of aromatic nitrogens is 2. The quantitative estimate of drug-likeness (QED) is 0.750. The fourth-order valence-electron chi connectivity index (χ4n) is 2.19. The molecule has 2 rings (SSSR count). The molecular weight excluding hydrogens is 174 g/mol. The van der Waals surface area contributed by atoms with Gasteiger partial charge in [-0.1, -0.05) is 6.42 Å². The van der Waals surface area contributed by atoms with Crippen molar-refractivity contribution >= 4 is 0 Å². The molecule has 0 bridgehead atoms. The van der Waals surface area contributed by atoms with E-state index in [0.717, 1.165) is 12.2 Å². The second kappa shape index (κ2) is 4.13. The molecule has 0 amide bonds. The molecule has 0 aliphatic carbocycles. The minimum absolute atomic E-state index is 0.644. The van der Waals surface area contributed by atoms with Gasteiger partial charge in [0, 0.05) is 18.2 Å². The van der Waals surface area contributed by atoms with Crippen LogP contribution in [0.5, 0.6) is 0 Å². The molecule has 0 radical (unpaired) electrons. The molecule has 1 unspecified atom stereocenters. The van der Waals surface area contributed by atoms with E-state index in [1.807, 2.05) is 6.92 Å². The van der Waals surface area contributed by atoms with Gasteiger partial charge < -0.3 is 10.3 Å². The van der Waals surface area contributed by atoms with Gasteiger partial charge in [-0.2, -0.15) is 0 Å². The molecule has 1 atom stereocenters. The third-order valence-corrected chi connectivity index (χ3v) is 2.96. The number of piperidine rings is 1. The van der Waals surface area contributed by atoms with Gasteiger partial charge >= 0.3 is 0 Å². The molecule has 0 aromatic carbocycles. The molecule has 1 aromatic heterocycles. The Morgan fingerprint density at radius 1 is 1.36 bits per heavy atom. The maximum Gasteiger partial charge on any atom is 0.103 e. The topological polar surface area (TPSA) is 40.7 Å². The zero-order valence-corrected chi connectivity index (χ0v) is 9.06. The minimum Gasteiger partial charge on any atom is -0.346 e. The number of H-pyrrole nitrogens is 1. The van der Waals surface area contributed by atoms with Crippen LogP contribution in [0.4, 0.5) is 0 Å². The predicted molar refractivity (Wildman–Crippen MR) is 57.4 cm³/mol. The number of aryl methyl sites for hydroxylation is 2. The molecule has 1 aliphatic rings. The number of aromatic amines is 1. The lowest BCUT2D eigenvalue weighted by atomic mass is 10.00. The van der Waals surface area contributed by atoms with Gasteiger partial charge in [0.2, 0.25) is 0 Å². The molecule has 3 nitrogen and oxygen atoms in total. The van der Waals surface area contributed by atoms with Gasteiger partial charge in [-0.15, -0.1) is 0 Å². The summed E-state index contributed by atoms with van der Waals surface area (Å²) in [6.07, 6.45) is 5.07. The van der Waals surface area contributed by atoms with Gasteiger partial charge in [0.05, 0.1) is 5.69 Å². The Hall–Kier alpha value is -0.830. The van der Waals surface area contributed by atoms with Gasteiger partial charge in [0.25, 0.3) is 0 Å². The molecule has 78 valence electrons. The van der Waals surface area contributed by atoms with Crippen molar-refractivity contribution in [3.8, 4) is 0 Å². The number of hydrogen-bond donors (Lipinski definition) is 2. The van der Waals surface area contributed by atoms with Crippen molar-refractivity contribution in [1.82, 2.24) is 15.3 Å². The SMILES string of the molecule is Cc1nc(CC2CCCCN2)c(C)[nH]1. The van der Waals surface area contributed by atoms with Crippen LogP contribution >= 0.6 is 0 Å². The van der Waals surface area contributed by atoms with Crippen LogP contribution in [0.1, 0.15) is 36.5 Å². The van der Waals surface area contributed by atoms with Crippen molar-refractivity contribution in [3.05, 3.63) is 17.2 Å². The summed E-state index contributed by atoms with van der Waals surface area (Å²) in [5.74, 6) is 1.04. The van der Waals surface area contributed by atoms with Crippen LogP contribution in [0.3, 0.4) is 0 Å². The van der Waals surface area contributed by atoms with Crippen molar-refractivity contribution in [1.29, 1.82) is 0 Å². The van der Waals surface area contributed by atoms with Crippen LogP contribution in [0.2, 0.25) is 0 Å². The summed E-state index contributed by atoms with van der Waals surface area (Å²) >= 11 is 0. The Balaban J connectivity index is 1.98. The number of hydrogen-bond acceptors (Lipinski definition) is 2. The number of nitrogens with one attached hydrogen (secondary N) is 2. The minimum atomic E-state index is 0.644. The Morgan fingerprint density at radius 3 is 2.79 bits per heavy atom. The lowest BCUT2D eigenvalue weighted by Crippen LogP contribution is -2.35. The van der Waals surface area contributed by atoms with E-state index in [1.54, 1.807) is 0 Å². The summed E-state index contributed by atoms with van der Waals surface area (Å²) in [5.41, 5.74) is 2.47. The Morgan fingerprint density at radius 2 is 2.21 bits per heavy atom. The summed E-state index contributed by atoms with van der Waals surface area (Å²) in [5, 5.41) is 3.55. The van der Waals surface area contributed by atoms with Crippen LogP contribution < -0.4 is 5.32 Å². The number of imidazole rings is 1. The maximum atomic E-state index is 4.51. The highest BCUT2D eigenvalue weighted by molar-refractivity contribution is 5.13. The first kappa shape index (κ1) is 9.71. The highest BCUT2D eigenvalue weighted by Crippen LogP contribution is 2.13. The summed E-state index contributed by atoms with van der Waals surface area (Å²) < 4.78 is 0. The van der Waals surface area contributed by atoms with Crippen molar-refractivity contribution < 1.29 is 0 Å². The molecule has 2 heterocycles. The van der Waals surface area contributed by atoms with E-state index in [1.165, 1.54) is 37.2 Å². The van der Waals surface area contributed by atoms with Crippen LogP contribution in [-0.4, -0.2) is 22.6 Å². The zero-order valence-electron chi connectivity index (χ0n) is 9.06. The summed E-state index contributed by atoms with van der Waals surface area (Å²) in [7, 11) is 0. The molecule has 1 saturated heterocycles. The monoisotopic (exact) mass is 193 g/mol. The average molecular weight is 193 g/mol. The van der Waals surface area contributed by atoms with Crippen LogP contribution in [0.25, 0.3) is 0 Å². The highest BCUT2D eigenvalue weighted by atomic mass is 15.0. The van der Waals surface area contributed by atoms with E-state index in [-0.39, 0.29) is 0 Å². The van der Waals surface area contributed by atoms with Crippen molar-refractivity contribution in [3.63, 3.8) is 0 Å². The van der Waals surface area contributed by atoms with Gasteiger partial charge in [0.1, 0.15) is 5.82 Å². The molecule has 0 saturated carbocycles. The third-order valence-electron chi connectivity index (χ3n) is 2.96. The normalized spacial score (nSPS) is 22.6. The number of nitrogens with zero attached hydrogens (tertiary/aromatic N) is 1. The maximum absolute atomic E-state index is 4.51. The van der Waals surface area contributed by atoms with Gasteiger partial charge in [-0.05, 0) is 33.2 Å². The second-order valence-corrected chi connectivity index (χ2v) is 4.24. The van der Waals surface area contributed by atoms with E-state index in [4.69, 9.17) is 0 Å². The first-order chi connectivity index (χ1) is 6.75. The lowest BCUT2D eigenvalue weighted by Gasteiger charge is -2.22. The van der Waals surface area contributed by atoms with Crippen LogP contribution in [0.15, 0.2) is 0 Å². The van der Waals surface area contributed by atoms with Gasteiger partial charge in [0.15, 0.2) is 0 Å². The van der Waals surface area contributed by atoms with Crippen molar-refractivity contribution in [2.24, 2.45) is 0 Å². The molecule has 1 aromatic rings. The fraction of sp³-hybridized carbons (Fsp3) is 0.727. The van der Waals surface area contributed by atoms with Gasteiger partial charge in [-0.3, -0.25) is 0 Å². The average Bonchev–Trinajstić information content (AvgIpc) is 2.47. The molecule has 3 heteroatoms. The van der Waals surface area contributed by atoms with E-state index >= 15 is 0 Å². The third kappa shape index (κ3) is 2.15. The van der Waals surface area contributed by atoms with Crippen molar-refractivity contribution in [2.45, 2.75) is 45.6 Å². The highest BCUT2D eigenvalue weighted by Gasteiger charge is 2.15.